The van der Waals surface area contributed by atoms with Crippen LogP contribution >= 0.6 is 21.6 Å². The molecular weight excluding hydrogens is 601 g/mol. The van der Waals surface area contributed by atoms with Crippen LogP contribution in [0.25, 0.3) is 0 Å². The van der Waals surface area contributed by atoms with Crippen LogP contribution in [0.15, 0.2) is 0 Å². The molecule has 10 nitrogen and oxygen atoms in total. The number of carboxylic acid groups (broad SMARTS) is 2. The van der Waals surface area contributed by atoms with E-state index in [4.69, 9.17) is 0 Å². The van der Waals surface area contributed by atoms with Gasteiger partial charge in [0.05, 0.1) is 0 Å². The SMILES string of the molecule is CN(C)CCCCCCCCCCC(=O)NC(CSSCC(NC(=O)CCCCCCCCCCN(C)C)C(=O)O)C(=O)O. The van der Waals surface area contributed by atoms with E-state index < -0.39 is 24.0 Å². The topological polar surface area (TPSA) is 139 Å². The third kappa shape index (κ3) is 28.0. The van der Waals surface area contributed by atoms with Crippen LogP contribution in [0, 0.1) is 0 Å². The van der Waals surface area contributed by atoms with Crippen molar-refractivity contribution in [2.24, 2.45) is 0 Å². The molecule has 0 aromatic carbocycles. The van der Waals surface area contributed by atoms with Gasteiger partial charge in [-0.25, -0.2) is 9.59 Å². The number of unbranched alkanes of at least 4 members (excludes halogenated alkanes) is 14. The van der Waals surface area contributed by atoms with Crippen molar-refractivity contribution in [1.29, 1.82) is 0 Å². The van der Waals surface area contributed by atoms with Crippen LogP contribution in [0.2, 0.25) is 0 Å². The Hall–Kier alpha value is -1.50. The molecule has 0 spiro atoms. The summed E-state index contributed by atoms with van der Waals surface area (Å²) in [6.45, 7) is 2.26. The molecule has 2 amide bonds. The zero-order chi connectivity index (χ0) is 33.0. The summed E-state index contributed by atoms with van der Waals surface area (Å²) in [5, 5.41) is 24.2. The van der Waals surface area contributed by atoms with Crippen molar-refractivity contribution in [3.8, 4) is 0 Å². The van der Waals surface area contributed by atoms with Crippen LogP contribution < -0.4 is 10.6 Å². The lowest BCUT2D eigenvalue weighted by Gasteiger charge is -2.16. The molecule has 0 heterocycles. The van der Waals surface area contributed by atoms with E-state index in [1.54, 1.807) is 0 Å². The highest BCUT2D eigenvalue weighted by atomic mass is 33.1. The molecule has 2 atom stereocenters. The number of rotatable bonds is 31. The maximum Gasteiger partial charge on any atom is 0.327 e. The van der Waals surface area contributed by atoms with Crippen LogP contribution in [-0.2, 0) is 19.2 Å². The molecule has 2 unspecified atom stereocenters. The van der Waals surface area contributed by atoms with E-state index in [1.165, 1.54) is 73.0 Å². The Morgan fingerprint density at radius 2 is 0.773 bits per heavy atom. The quantitative estimate of drug-likeness (QED) is 0.0544. The van der Waals surface area contributed by atoms with Gasteiger partial charge in [0.15, 0.2) is 0 Å². The van der Waals surface area contributed by atoms with Gasteiger partial charge in [0.1, 0.15) is 12.1 Å². The van der Waals surface area contributed by atoms with Gasteiger partial charge < -0.3 is 30.6 Å². The number of hydrogen-bond acceptors (Lipinski definition) is 8. The van der Waals surface area contributed by atoms with Gasteiger partial charge in [-0.1, -0.05) is 98.6 Å². The minimum atomic E-state index is -1.12. The van der Waals surface area contributed by atoms with Gasteiger partial charge in [-0.15, -0.1) is 0 Å². The van der Waals surface area contributed by atoms with E-state index in [9.17, 15) is 29.4 Å². The molecule has 0 bridgehead atoms. The predicted octanol–water partition coefficient (Wildman–Crippen LogP) is 5.65. The minimum absolute atomic E-state index is 0.107. The molecule has 12 heteroatoms. The van der Waals surface area contributed by atoms with Gasteiger partial charge >= 0.3 is 11.9 Å². The lowest BCUT2D eigenvalue weighted by atomic mass is 10.1. The minimum Gasteiger partial charge on any atom is -0.480 e. The molecule has 0 aromatic heterocycles. The largest absolute Gasteiger partial charge is 0.480 e. The fourth-order valence-electron chi connectivity index (χ4n) is 4.66. The number of nitrogens with one attached hydrogen (secondary N) is 2. The highest BCUT2D eigenvalue weighted by Gasteiger charge is 2.23. The fourth-order valence-corrected chi connectivity index (χ4v) is 6.97. The number of nitrogens with zero attached hydrogens (tertiary/aromatic N) is 2. The first-order valence-corrected chi connectivity index (χ1v) is 19.1. The van der Waals surface area contributed by atoms with E-state index >= 15 is 0 Å². The predicted molar refractivity (Wildman–Crippen MR) is 184 cm³/mol. The van der Waals surface area contributed by atoms with E-state index in [2.05, 4.69) is 48.6 Å². The second-order valence-electron chi connectivity index (χ2n) is 12.2. The fraction of sp³-hybridized carbons (Fsp3) is 0.875. The maximum absolute atomic E-state index is 12.3. The number of carbonyl (C=O) groups excluding carboxylic acids is 2. The molecular formula is C32H62N4O6S2. The van der Waals surface area contributed by atoms with Crippen LogP contribution in [0.5, 0.6) is 0 Å². The molecule has 0 radical (unpaired) electrons. The molecule has 0 aliphatic carbocycles. The first-order valence-electron chi connectivity index (χ1n) is 16.6. The number of hydrogen-bond donors (Lipinski definition) is 4. The van der Waals surface area contributed by atoms with Crippen LogP contribution in [0.1, 0.15) is 116 Å². The molecule has 0 fully saturated rings. The summed E-state index contributed by atoms with van der Waals surface area (Å²) in [4.78, 5) is 52.2. The lowest BCUT2D eigenvalue weighted by molar-refractivity contribution is -0.141. The summed E-state index contributed by atoms with van der Waals surface area (Å²) in [5.74, 6) is -2.57. The summed E-state index contributed by atoms with van der Waals surface area (Å²) in [6, 6.07) is -2.09. The summed E-state index contributed by atoms with van der Waals surface area (Å²) in [5.41, 5.74) is 0. The summed E-state index contributed by atoms with van der Waals surface area (Å²) in [6.07, 6.45) is 18.3. The number of amides is 2. The number of aliphatic carboxylic acids is 2. The molecule has 44 heavy (non-hydrogen) atoms. The Morgan fingerprint density at radius 1 is 0.500 bits per heavy atom. The van der Waals surface area contributed by atoms with Crippen LogP contribution in [-0.4, -0.2) is 109 Å². The van der Waals surface area contributed by atoms with Crippen LogP contribution in [0.4, 0.5) is 0 Å². The van der Waals surface area contributed by atoms with Crippen molar-refractivity contribution in [1.82, 2.24) is 20.4 Å². The average Bonchev–Trinajstić information content (AvgIpc) is 2.95. The average molecular weight is 663 g/mol. The van der Waals surface area contributed by atoms with Gasteiger partial charge in [0, 0.05) is 24.3 Å². The highest BCUT2D eigenvalue weighted by Crippen LogP contribution is 2.23. The van der Waals surface area contributed by atoms with Crippen molar-refractivity contribution in [3.63, 3.8) is 0 Å². The summed E-state index contributed by atoms with van der Waals surface area (Å²) in [7, 11) is 10.7. The Kier molecular flexibility index (Phi) is 28.0. The summed E-state index contributed by atoms with van der Waals surface area (Å²) < 4.78 is 0. The van der Waals surface area contributed by atoms with Gasteiger partial charge in [-0.05, 0) is 67.0 Å². The second kappa shape index (κ2) is 28.9. The molecule has 0 saturated heterocycles. The van der Waals surface area contributed by atoms with Gasteiger partial charge in [-0.2, -0.15) is 0 Å². The Morgan fingerprint density at radius 3 is 1.05 bits per heavy atom. The molecule has 4 N–H and O–H groups in total. The van der Waals surface area contributed by atoms with Crippen molar-refractivity contribution in [2.45, 2.75) is 128 Å². The molecule has 258 valence electrons. The van der Waals surface area contributed by atoms with E-state index in [-0.39, 0.29) is 23.3 Å². The first-order chi connectivity index (χ1) is 21.0. The Balaban J connectivity index is 4.02. The van der Waals surface area contributed by atoms with Gasteiger partial charge in [0.25, 0.3) is 0 Å². The van der Waals surface area contributed by atoms with Gasteiger partial charge in [-0.3, -0.25) is 9.59 Å². The zero-order valence-corrected chi connectivity index (χ0v) is 29.6. The van der Waals surface area contributed by atoms with Crippen molar-refractivity contribution < 1.29 is 29.4 Å². The Labute approximate surface area is 275 Å². The molecule has 0 rings (SSSR count). The maximum atomic E-state index is 12.3. The standard InChI is InChI=1S/C32H62N4O6S2/c1-35(2)23-19-15-11-7-5-9-13-17-21-29(37)33-27(31(39)40)25-43-44-26-28(32(41)42)34-30(38)22-18-14-10-6-8-12-16-20-24-36(3)4/h27-28H,5-26H2,1-4H3,(H,33,37)(H,34,38)(H,39,40)(H,41,42). The second-order valence-corrected chi connectivity index (χ2v) is 14.8. The monoisotopic (exact) mass is 662 g/mol. The number of carboxylic acids is 2. The van der Waals surface area contributed by atoms with Gasteiger partial charge in [0.2, 0.25) is 11.8 Å². The highest BCUT2D eigenvalue weighted by molar-refractivity contribution is 8.76. The van der Waals surface area contributed by atoms with Crippen molar-refractivity contribution in [3.05, 3.63) is 0 Å². The van der Waals surface area contributed by atoms with Crippen molar-refractivity contribution >= 4 is 45.3 Å². The summed E-state index contributed by atoms with van der Waals surface area (Å²) >= 11 is 0. The third-order valence-corrected chi connectivity index (χ3v) is 9.76. The zero-order valence-electron chi connectivity index (χ0n) is 27.9. The van der Waals surface area contributed by atoms with E-state index in [0.717, 1.165) is 64.5 Å². The Bertz CT molecular complexity index is 711. The van der Waals surface area contributed by atoms with E-state index in [0.29, 0.717) is 12.8 Å². The van der Waals surface area contributed by atoms with E-state index in [1.807, 2.05) is 0 Å². The smallest absolute Gasteiger partial charge is 0.327 e. The first kappa shape index (κ1) is 42.5. The van der Waals surface area contributed by atoms with Crippen LogP contribution in [0.3, 0.4) is 0 Å². The molecule has 0 aliphatic heterocycles. The molecule has 0 saturated carbocycles. The normalized spacial score (nSPS) is 12.8. The number of carbonyl (C=O) groups is 4. The lowest BCUT2D eigenvalue weighted by Crippen LogP contribution is -2.43. The molecule has 0 aromatic rings. The third-order valence-electron chi connectivity index (χ3n) is 7.34. The molecule has 0 aliphatic rings. The van der Waals surface area contributed by atoms with Crippen molar-refractivity contribution in [2.75, 3.05) is 52.8 Å².